The van der Waals surface area contributed by atoms with E-state index >= 15 is 0 Å². The van der Waals surface area contributed by atoms with Crippen molar-refractivity contribution in [3.63, 3.8) is 0 Å². The Kier molecular flexibility index (Phi) is 2.51. The van der Waals surface area contributed by atoms with Crippen LogP contribution in [0.4, 0.5) is 4.39 Å². The molecule has 0 saturated heterocycles. The molecule has 1 aliphatic carbocycles. The van der Waals surface area contributed by atoms with Crippen molar-refractivity contribution in [2.75, 3.05) is 0 Å². The summed E-state index contributed by atoms with van der Waals surface area (Å²) in [5.74, 6) is -0.333. The molecule has 0 fully saturated rings. The first-order valence-electron chi connectivity index (χ1n) is 6.07. The van der Waals surface area contributed by atoms with Crippen molar-refractivity contribution in [3.05, 3.63) is 71.0 Å². The maximum atomic E-state index is 13.3. The largest absolute Gasteiger partial charge is 0.293 e. The summed E-state index contributed by atoms with van der Waals surface area (Å²) in [7, 11) is 0. The molecule has 0 N–H and O–H groups in total. The van der Waals surface area contributed by atoms with Crippen molar-refractivity contribution >= 4 is 5.78 Å². The lowest BCUT2D eigenvalue weighted by molar-refractivity contribution is 0.0966. The maximum Gasteiger partial charge on any atom is 0.171 e. The lowest BCUT2D eigenvalue weighted by atomic mass is 9.87. The zero-order valence-corrected chi connectivity index (χ0v) is 10.1. The molecule has 2 aromatic carbocycles. The van der Waals surface area contributed by atoms with Gasteiger partial charge in [0.2, 0.25) is 0 Å². The van der Waals surface area contributed by atoms with Crippen molar-refractivity contribution in [1.82, 2.24) is 0 Å². The Balaban J connectivity index is 2.09. The third-order valence-electron chi connectivity index (χ3n) is 3.71. The van der Waals surface area contributed by atoms with Crippen LogP contribution in [0.15, 0.2) is 48.5 Å². The molecule has 0 bridgehead atoms. The number of Topliss-reactive ketones (excluding diaryl/α,β-unsaturated/α-hetero) is 1. The number of hydrogen-bond acceptors (Lipinski definition) is 1. The van der Waals surface area contributed by atoms with Crippen LogP contribution in [-0.4, -0.2) is 5.78 Å². The van der Waals surface area contributed by atoms with E-state index in [1.165, 1.54) is 12.1 Å². The number of hydrogen-bond donors (Lipinski definition) is 0. The summed E-state index contributed by atoms with van der Waals surface area (Å²) < 4.78 is 13.3. The van der Waals surface area contributed by atoms with Gasteiger partial charge < -0.3 is 0 Å². The molecule has 0 aliphatic heterocycles. The molecule has 0 radical (unpaired) electrons. The lowest BCUT2D eigenvalue weighted by Gasteiger charge is -2.15. The van der Waals surface area contributed by atoms with E-state index in [0.717, 1.165) is 16.7 Å². The summed E-state index contributed by atoms with van der Waals surface area (Å²) in [6.45, 7) is 2.03. The van der Waals surface area contributed by atoms with Gasteiger partial charge in [0.1, 0.15) is 5.82 Å². The fraction of sp³-hybridized carbons (Fsp3) is 0.188. The van der Waals surface area contributed by atoms with Gasteiger partial charge in [-0.15, -0.1) is 0 Å². The van der Waals surface area contributed by atoms with Gasteiger partial charge in [-0.2, -0.15) is 0 Å². The minimum Gasteiger partial charge on any atom is -0.293 e. The Morgan fingerprint density at radius 1 is 1.06 bits per heavy atom. The van der Waals surface area contributed by atoms with Crippen LogP contribution < -0.4 is 0 Å². The number of benzene rings is 2. The molecule has 3 rings (SSSR count). The van der Waals surface area contributed by atoms with Gasteiger partial charge in [-0.05, 0) is 29.2 Å². The van der Waals surface area contributed by atoms with E-state index in [9.17, 15) is 9.18 Å². The van der Waals surface area contributed by atoms with Gasteiger partial charge in [0.05, 0.1) is 5.92 Å². The molecule has 1 aliphatic rings. The quantitative estimate of drug-likeness (QED) is 0.738. The first-order valence-corrected chi connectivity index (χ1v) is 6.07. The molecule has 0 spiro atoms. The van der Waals surface area contributed by atoms with Crippen LogP contribution in [0.3, 0.4) is 0 Å². The second-order valence-electron chi connectivity index (χ2n) is 4.77. The van der Waals surface area contributed by atoms with E-state index < -0.39 is 0 Å². The van der Waals surface area contributed by atoms with Gasteiger partial charge in [0.15, 0.2) is 5.78 Å². The molecule has 2 aromatic rings. The molecule has 1 nitrogen and oxygen atoms in total. The highest BCUT2D eigenvalue weighted by Crippen LogP contribution is 2.43. The SMILES string of the molecule is C[C@@H]1c2ccccc2C(=O)[C@H]1c1cccc(F)c1. The Labute approximate surface area is 105 Å². The molecule has 18 heavy (non-hydrogen) atoms. The van der Waals surface area contributed by atoms with Crippen LogP contribution in [0.1, 0.15) is 40.2 Å². The van der Waals surface area contributed by atoms with Crippen molar-refractivity contribution in [2.24, 2.45) is 0 Å². The monoisotopic (exact) mass is 240 g/mol. The molecular formula is C16H13FO. The Hall–Kier alpha value is -1.96. The molecule has 0 unspecified atom stereocenters. The summed E-state index contributed by atoms with van der Waals surface area (Å²) in [6.07, 6.45) is 0. The van der Waals surface area contributed by atoms with Crippen LogP contribution in [0.25, 0.3) is 0 Å². The van der Waals surface area contributed by atoms with E-state index in [2.05, 4.69) is 0 Å². The Morgan fingerprint density at radius 2 is 1.83 bits per heavy atom. The molecule has 2 atom stereocenters. The molecule has 90 valence electrons. The van der Waals surface area contributed by atoms with Gasteiger partial charge in [0, 0.05) is 5.56 Å². The van der Waals surface area contributed by atoms with Crippen molar-refractivity contribution in [3.8, 4) is 0 Å². The van der Waals surface area contributed by atoms with Gasteiger partial charge in [0.25, 0.3) is 0 Å². The predicted molar refractivity (Wildman–Crippen MR) is 68.3 cm³/mol. The summed E-state index contributed by atoms with van der Waals surface area (Å²) >= 11 is 0. The second kappa shape index (κ2) is 4.05. The standard InChI is InChI=1S/C16H13FO/c1-10-13-7-2-3-8-14(13)16(18)15(10)11-5-4-6-12(17)9-11/h2-10,15H,1H3/t10-,15-/m1/s1. The fourth-order valence-corrected chi connectivity index (χ4v) is 2.83. The average molecular weight is 240 g/mol. The van der Waals surface area contributed by atoms with E-state index in [4.69, 9.17) is 0 Å². The van der Waals surface area contributed by atoms with E-state index in [1.54, 1.807) is 6.07 Å². The molecule has 0 aromatic heterocycles. The zero-order valence-electron chi connectivity index (χ0n) is 10.1. The van der Waals surface area contributed by atoms with Gasteiger partial charge in [-0.25, -0.2) is 4.39 Å². The summed E-state index contributed by atoms with van der Waals surface area (Å²) in [4.78, 5) is 12.4. The van der Waals surface area contributed by atoms with Gasteiger partial charge in [-0.3, -0.25) is 4.79 Å². The Bertz CT molecular complexity index is 618. The highest BCUT2D eigenvalue weighted by molar-refractivity contribution is 6.06. The first-order chi connectivity index (χ1) is 8.68. The molecule has 0 heterocycles. The normalized spacial score (nSPS) is 22.0. The smallest absolute Gasteiger partial charge is 0.171 e. The second-order valence-corrected chi connectivity index (χ2v) is 4.77. The number of carbonyl (C=O) groups is 1. The fourth-order valence-electron chi connectivity index (χ4n) is 2.83. The Morgan fingerprint density at radius 3 is 2.56 bits per heavy atom. The topological polar surface area (TPSA) is 17.1 Å². The molecular weight excluding hydrogens is 227 g/mol. The van der Waals surface area contributed by atoms with E-state index in [0.29, 0.717) is 0 Å². The number of fused-ring (bicyclic) bond motifs is 1. The molecule has 2 heteroatoms. The van der Waals surface area contributed by atoms with Crippen molar-refractivity contribution in [1.29, 1.82) is 0 Å². The zero-order chi connectivity index (χ0) is 12.7. The highest BCUT2D eigenvalue weighted by Gasteiger charge is 2.37. The lowest BCUT2D eigenvalue weighted by Crippen LogP contribution is -2.09. The minimum atomic E-state index is -0.288. The van der Waals surface area contributed by atoms with Crippen LogP contribution in [0, 0.1) is 5.82 Å². The van der Waals surface area contributed by atoms with E-state index in [-0.39, 0.29) is 23.4 Å². The minimum absolute atomic E-state index is 0.101. The van der Waals surface area contributed by atoms with Crippen LogP contribution in [0.5, 0.6) is 0 Å². The van der Waals surface area contributed by atoms with E-state index in [1.807, 2.05) is 37.3 Å². The van der Waals surface area contributed by atoms with Gasteiger partial charge >= 0.3 is 0 Å². The van der Waals surface area contributed by atoms with Crippen LogP contribution in [0.2, 0.25) is 0 Å². The number of ketones is 1. The first kappa shape index (κ1) is 11.1. The van der Waals surface area contributed by atoms with Crippen LogP contribution >= 0.6 is 0 Å². The van der Waals surface area contributed by atoms with Crippen molar-refractivity contribution in [2.45, 2.75) is 18.8 Å². The predicted octanol–water partition coefficient (Wildman–Crippen LogP) is 3.91. The van der Waals surface area contributed by atoms with Gasteiger partial charge in [-0.1, -0.05) is 43.3 Å². The van der Waals surface area contributed by atoms with Crippen LogP contribution in [-0.2, 0) is 0 Å². The summed E-state index contributed by atoms with van der Waals surface area (Å²) in [6, 6.07) is 14.0. The van der Waals surface area contributed by atoms with Crippen molar-refractivity contribution < 1.29 is 9.18 Å². The third-order valence-corrected chi connectivity index (χ3v) is 3.71. The average Bonchev–Trinajstić information content (AvgIpc) is 2.63. The number of rotatable bonds is 1. The summed E-state index contributed by atoms with van der Waals surface area (Å²) in [5.41, 5.74) is 2.61. The third kappa shape index (κ3) is 1.57. The molecule has 0 amide bonds. The number of halogens is 1. The highest BCUT2D eigenvalue weighted by atomic mass is 19.1. The summed E-state index contributed by atoms with van der Waals surface area (Å²) in [5, 5.41) is 0. The number of carbonyl (C=O) groups excluding carboxylic acids is 1. The maximum absolute atomic E-state index is 13.3. The molecule has 0 saturated carbocycles.